The third-order valence-corrected chi connectivity index (χ3v) is 3.38. The Hall–Kier alpha value is -1.96. The minimum atomic E-state index is -0.981. The number of piperidine rings is 1. The van der Waals surface area contributed by atoms with Crippen LogP contribution < -0.4 is 10.6 Å². The summed E-state index contributed by atoms with van der Waals surface area (Å²) in [6.07, 6.45) is 3.65. The third-order valence-electron chi connectivity index (χ3n) is 3.38. The largest absolute Gasteiger partial charge is 0.480 e. The predicted octanol–water partition coefficient (Wildman–Crippen LogP) is -0.633. The van der Waals surface area contributed by atoms with Crippen molar-refractivity contribution in [1.29, 1.82) is 0 Å². The fourth-order valence-electron chi connectivity index (χ4n) is 2.32. The topological polar surface area (TPSA) is 109 Å². The van der Waals surface area contributed by atoms with E-state index in [1.807, 2.05) is 0 Å². The molecule has 1 aromatic heterocycles. The summed E-state index contributed by atoms with van der Waals surface area (Å²) < 4.78 is 1.23. The van der Waals surface area contributed by atoms with Crippen LogP contribution in [-0.4, -0.2) is 44.6 Å². The van der Waals surface area contributed by atoms with Gasteiger partial charge < -0.3 is 15.7 Å². The molecule has 8 heteroatoms. The predicted molar refractivity (Wildman–Crippen MR) is 69.7 cm³/mol. The summed E-state index contributed by atoms with van der Waals surface area (Å²) in [5.41, 5.74) is 0.545. The van der Waals surface area contributed by atoms with Gasteiger partial charge in [0.25, 0.3) is 0 Å². The molecule has 110 valence electrons. The molecule has 1 aliphatic rings. The molecule has 2 heterocycles. The Bertz CT molecular complexity index is 487. The lowest BCUT2D eigenvalue weighted by molar-refractivity contribution is -0.138. The fourth-order valence-corrected chi connectivity index (χ4v) is 2.32. The van der Waals surface area contributed by atoms with Crippen molar-refractivity contribution in [3.63, 3.8) is 0 Å². The van der Waals surface area contributed by atoms with Crippen LogP contribution in [0.2, 0.25) is 0 Å². The molecule has 1 amide bonds. The Morgan fingerprint density at radius 3 is 3.10 bits per heavy atom. The number of amides is 1. The lowest BCUT2D eigenvalue weighted by Gasteiger charge is -2.28. The molecule has 8 nitrogen and oxygen atoms in total. The number of aromatic nitrogens is 3. The van der Waals surface area contributed by atoms with E-state index in [0.29, 0.717) is 11.6 Å². The molecule has 0 spiro atoms. The highest BCUT2D eigenvalue weighted by atomic mass is 16.4. The van der Waals surface area contributed by atoms with Crippen LogP contribution in [0.25, 0.3) is 0 Å². The molecule has 0 aliphatic carbocycles. The maximum atomic E-state index is 12.0. The maximum absolute atomic E-state index is 12.0. The van der Waals surface area contributed by atoms with Gasteiger partial charge in [-0.3, -0.25) is 9.59 Å². The highest BCUT2D eigenvalue weighted by Gasteiger charge is 2.27. The molecule has 20 heavy (non-hydrogen) atoms. The highest BCUT2D eigenvalue weighted by molar-refractivity contribution is 5.82. The summed E-state index contributed by atoms with van der Waals surface area (Å²) in [6.45, 7) is 2.93. The fraction of sp³-hybridized carbons (Fsp3) is 0.667. The molecular weight excluding hydrogens is 262 g/mol. The van der Waals surface area contributed by atoms with Crippen molar-refractivity contribution in [3.05, 3.63) is 11.9 Å². The van der Waals surface area contributed by atoms with Crippen LogP contribution in [-0.2, 0) is 22.7 Å². The Balaban J connectivity index is 1.83. The Morgan fingerprint density at radius 2 is 2.40 bits per heavy atom. The first kappa shape index (κ1) is 14.4. The zero-order chi connectivity index (χ0) is 14.5. The molecular formula is C12H19N5O3. The zero-order valence-corrected chi connectivity index (χ0v) is 11.4. The number of carboxylic acids is 1. The second-order valence-corrected chi connectivity index (χ2v) is 5.07. The second-order valence-electron chi connectivity index (χ2n) is 5.07. The first-order chi connectivity index (χ1) is 9.56. The van der Waals surface area contributed by atoms with E-state index in [2.05, 4.69) is 27.9 Å². The van der Waals surface area contributed by atoms with E-state index in [1.54, 1.807) is 0 Å². The number of carbonyl (C=O) groups is 2. The Morgan fingerprint density at radius 1 is 1.60 bits per heavy atom. The smallest absolute Gasteiger partial charge is 0.325 e. The van der Waals surface area contributed by atoms with Crippen molar-refractivity contribution < 1.29 is 14.7 Å². The van der Waals surface area contributed by atoms with Gasteiger partial charge in [-0.25, -0.2) is 4.68 Å². The number of carboxylic acid groups (broad SMARTS) is 1. The molecule has 2 rings (SSSR count). The van der Waals surface area contributed by atoms with Gasteiger partial charge >= 0.3 is 5.97 Å². The van der Waals surface area contributed by atoms with Gasteiger partial charge in [0.2, 0.25) is 5.91 Å². The van der Waals surface area contributed by atoms with Crippen LogP contribution >= 0.6 is 0 Å². The molecule has 0 aromatic carbocycles. The third kappa shape index (κ3) is 3.77. The first-order valence-electron chi connectivity index (χ1n) is 6.68. The SMILES string of the molecule is CC1CCCNC1C(=O)NCc1cn(CC(=O)O)nn1. The van der Waals surface area contributed by atoms with Crippen LogP contribution in [0.3, 0.4) is 0 Å². The average Bonchev–Trinajstić information content (AvgIpc) is 2.83. The molecule has 1 saturated heterocycles. The van der Waals surface area contributed by atoms with Crippen LogP contribution in [0, 0.1) is 5.92 Å². The molecule has 2 atom stereocenters. The molecule has 1 aliphatic heterocycles. The molecule has 1 fully saturated rings. The maximum Gasteiger partial charge on any atom is 0.325 e. The zero-order valence-electron chi connectivity index (χ0n) is 11.4. The van der Waals surface area contributed by atoms with Gasteiger partial charge in [0.15, 0.2) is 0 Å². The molecule has 0 bridgehead atoms. The van der Waals surface area contributed by atoms with E-state index in [0.717, 1.165) is 19.4 Å². The van der Waals surface area contributed by atoms with Crippen LogP contribution in [0.15, 0.2) is 6.20 Å². The standard InChI is InChI=1S/C12H19N5O3/c1-8-3-2-4-13-11(8)12(20)14-5-9-6-17(16-15-9)7-10(18)19/h6,8,11,13H,2-5,7H2,1H3,(H,14,20)(H,18,19). The van der Waals surface area contributed by atoms with Crippen molar-refractivity contribution in [1.82, 2.24) is 25.6 Å². The van der Waals surface area contributed by atoms with E-state index in [-0.39, 0.29) is 25.0 Å². The summed E-state index contributed by atoms with van der Waals surface area (Å²) in [6, 6.07) is -0.169. The molecule has 2 unspecified atom stereocenters. The van der Waals surface area contributed by atoms with Crippen LogP contribution in [0.4, 0.5) is 0 Å². The number of hydrogen-bond donors (Lipinski definition) is 3. The quantitative estimate of drug-likeness (QED) is 0.663. The monoisotopic (exact) mass is 281 g/mol. The van der Waals surface area contributed by atoms with Gasteiger partial charge in [0.1, 0.15) is 12.2 Å². The van der Waals surface area contributed by atoms with Gasteiger partial charge in [0.05, 0.1) is 18.8 Å². The van der Waals surface area contributed by atoms with Crippen molar-refractivity contribution >= 4 is 11.9 Å². The average molecular weight is 281 g/mol. The molecule has 0 saturated carbocycles. The summed E-state index contributed by atoms with van der Waals surface area (Å²) in [4.78, 5) is 22.6. The van der Waals surface area contributed by atoms with E-state index in [1.165, 1.54) is 10.9 Å². The molecule has 0 radical (unpaired) electrons. The number of rotatable bonds is 5. The van der Waals surface area contributed by atoms with E-state index < -0.39 is 5.97 Å². The minimum absolute atomic E-state index is 0.0509. The normalized spacial score (nSPS) is 22.4. The van der Waals surface area contributed by atoms with Gasteiger partial charge in [-0.1, -0.05) is 12.1 Å². The Labute approximate surface area is 116 Å². The number of nitrogens with one attached hydrogen (secondary N) is 2. The first-order valence-corrected chi connectivity index (χ1v) is 6.68. The van der Waals surface area contributed by atoms with Gasteiger partial charge in [0, 0.05) is 0 Å². The Kier molecular flexibility index (Phi) is 4.67. The second kappa shape index (κ2) is 6.47. The van der Waals surface area contributed by atoms with Crippen molar-refractivity contribution in [2.45, 2.75) is 38.9 Å². The molecule has 1 aromatic rings. The number of hydrogen-bond acceptors (Lipinski definition) is 5. The summed E-state index contributed by atoms with van der Waals surface area (Å²) in [5, 5.41) is 22.1. The van der Waals surface area contributed by atoms with Crippen molar-refractivity contribution in [3.8, 4) is 0 Å². The summed E-state index contributed by atoms with van der Waals surface area (Å²) in [5.74, 6) is -0.720. The summed E-state index contributed by atoms with van der Waals surface area (Å²) >= 11 is 0. The number of aliphatic carboxylic acids is 1. The van der Waals surface area contributed by atoms with E-state index in [4.69, 9.17) is 5.11 Å². The minimum Gasteiger partial charge on any atom is -0.480 e. The van der Waals surface area contributed by atoms with Gasteiger partial charge in [-0.15, -0.1) is 5.10 Å². The molecule has 3 N–H and O–H groups in total. The highest BCUT2D eigenvalue weighted by Crippen LogP contribution is 2.15. The lowest BCUT2D eigenvalue weighted by Crippen LogP contribution is -2.50. The van der Waals surface area contributed by atoms with Crippen molar-refractivity contribution in [2.24, 2.45) is 5.92 Å². The van der Waals surface area contributed by atoms with Gasteiger partial charge in [-0.2, -0.15) is 0 Å². The summed E-state index contributed by atoms with van der Waals surface area (Å²) in [7, 11) is 0. The number of nitrogens with zero attached hydrogens (tertiary/aromatic N) is 3. The van der Waals surface area contributed by atoms with E-state index in [9.17, 15) is 9.59 Å². The van der Waals surface area contributed by atoms with Crippen molar-refractivity contribution in [2.75, 3.05) is 6.54 Å². The van der Waals surface area contributed by atoms with Crippen LogP contribution in [0.5, 0.6) is 0 Å². The van der Waals surface area contributed by atoms with Crippen LogP contribution in [0.1, 0.15) is 25.5 Å². The van der Waals surface area contributed by atoms with Gasteiger partial charge in [-0.05, 0) is 25.3 Å². The number of carbonyl (C=O) groups excluding carboxylic acids is 1. The van der Waals surface area contributed by atoms with E-state index >= 15 is 0 Å². The lowest BCUT2D eigenvalue weighted by atomic mass is 9.92.